The van der Waals surface area contributed by atoms with Crippen LogP contribution in [0.2, 0.25) is 0 Å². The van der Waals surface area contributed by atoms with Gasteiger partial charge in [0, 0.05) is 34.9 Å². The molecular formula is C20H18N2O2. The van der Waals surface area contributed by atoms with Crippen LogP contribution in [0.5, 0.6) is 0 Å². The molecule has 4 heteroatoms. The van der Waals surface area contributed by atoms with Crippen molar-refractivity contribution in [2.75, 3.05) is 17.7 Å². The summed E-state index contributed by atoms with van der Waals surface area (Å²) in [5.74, 6) is -0.148. The molecule has 0 heterocycles. The highest BCUT2D eigenvalue weighted by molar-refractivity contribution is 6.10. The third-order valence-corrected chi connectivity index (χ3v) is 3.95. The zero-order valence-electron chi connectivity index (χ0n) is 13.6. The van der Waals surface area contributed by atoms with E-state index in [9.17, 15) is 9.59 Å². The van der Waals surface area contributed by atoms with Gasteiger partial charge in [-0.3, -0.25) is 9.59 Å². The summed E-state index contributed by atoms with van der Waals surface area (Å²) in [7, 11) is 1.81. The Labute approximate surface area is 140 Å². The average Bonchev–Trinajstić information content (AvgIpc) is 2.61. The molecule has 1 amide bonds. The molecule has 4 nitrogen and oxygen atoms in total. The zero-order chi connectivity index (χ0) is 17.1. The summed E-state index contributed by atoms with van der Waals surface area (Å²) in [4.78, 5) is 24.0. The molecule has 0 fully saturated rings. The van der Waals surface area contributed by atoms with Gasteiger partial charge in [0.2, 0.25) is 0 Å². The van der Waals surface area contributed by atoms with Crippen molar-refractivity contribution in [2.45, 2.75) is 6.92 Å². The number of ketones is 1. The number of benzene rings is 3. The van der Waals surface area contributed by atoms with Crippen molar-refractivity contribution in [1.82, 2.24) is 0 Å². The van der Waals surface area contributed by atoms with Crippen LogP contribution in [0.15, 0.2) is 60.7 Å². The van der Waals surface area contributed by atoms with E-state index in [1.54, 1.807) is 25.1 Å². The maximum Gasteiger partial charge on any atom is 0.255 e. The van der Waals surface area contributed by atoms with E-state index in [-0.39, 0.29) is 11.7 Å². The number of anilines is 2. The summed E-state index contributed by atoms with van der Waals surface area (Å²) in [6, 6.07) is 18.5. The number of carbonyl (C=O) groups is 2. The Morgan fingerprint density at radius 2 is 1.67 bits per heavy atom. The topological polar surface area (TPSA) is 58.2 Å². The predicted octanol–water partition coefficient (Wildman–Crippen LogP) is 4.34. The van der Waals surface area contributed by atoms with Crippen LogP contribution in [0.25, 0.3) is 10.8 Å². The maximum absolute atomic E-state index is 12.5. The van der Waals surface area contributed by atoms with Gasteiger partial charge in [-0.1, -0.05) is 30.3 Å². The Hall–Kier alpha value is -3.14. The highest BCUT2D eigenvalue weighted by Gasteiger charge is 2.10. The first-order valence-corrected chi connectivity index (χ1v) is 7.71. The molecule has 0 atom stereocenters. The van der Waals surface area contributed by atoms with Crippen molar-refractivity contribution < 1.29 is 9.59 Å². The van der Waals surface area contributed by atoms with Crippen molar-refractivity contribution in [3.8, 4) is 0 Å². The van der Waals surface area contributed by atoms with Gasteiger partial charge in [-0.05, 0) is 42.6 Å². The molecule has 24 heavy (non-hydrogen) atoms. The zero-order valence-corrected chi connectivity index (χ0v) is 13.6. The van der Waals surface area contributed by atoms with Crippen LogP contribution in [-0.2, 0) is 0 Å². The molecule has 2 N–H and O–H groups in total. The summed E-state index contributed by atoms with van der Waals surface area (Å²) < 4.78 is 0. The molecule has 0 aliphatic rings. The fourth-order valence-electron chi connectivity index (χ4n) is 2.62. The first kappa shape index (κ1) is 15.7. The minimum absolute atomic E-state index is 0.0234. The van der Waals surface area contributed by atoms with Crippen molar-refractivity contribution in [2.24, 2.45) is 0 Å². The van der Waals surface area contributed by atoms with Gasteiger partial charge >= 0.3 is 0 Å². The van der Waals surface area contributed by atoms with E-state index < -0.39 is 0 Å². The fourth-order valence-corrected chi connectivity index (χ4v) is 2.62. The van der Waals surface area contributed by atoms with E-state index in [1.165, 1.54) is 0 Å². The molecule has 0 unspecified atom stereocenters. The molecule has 0 radical (unpaired) electrons. The quantitative estimate of drug-likeness (QED) is 0.704. The van der Waals surface area contributed by atoms with Crippen LogP contribution < -0.4 is 10.6 Å². The summed E-state index contributed by atoms with van der Waals surface area (Å²) in [5, 5.41) is 7.79. The lowest BCUT2D eigenvalue weighted by molar-refractivity contribution is 0.101. The van der Waals surface area contributed by atoms with Crippen molar-refractivity contribution in [3.05, 3.63) is 71.8 Å². The van der Waals surface area contributed by atoms with Crippen molar-refractivity contribution in [1.29, 1.82) is 0 Å². The summed E-state index contributed by atoms with van der Waals surface area (Å²) in [6.07, 6.45) is 0. The number of nitrogens with one attached hydrogen (secondary N) is 2. The highest BCUT2D eigenvalue weighted by atomic mass is 16.1. The number of rotatable bonds is 4. The van der Waals surface area contributed by atoms with Gasteiger partial charge in [0.25, 0.3) is 5.91 Å². The smallest absolute Gasteiger partial charge is 0.255 e. The molecule has 3 rings (SSSR count). The lowest BCUT2D eigenvalue weighted by Crippen LogP contribution is -2.12. The molecule has 0 spiro atoms. The molecule has 120 valence electrons. The largest absolute Gasteiger partial charge is 0.388 e. The SMILES string of the molecule is CNc1cccc(C(=O)Nc2cccc3cc(C(C)=O)ccc23)c1. The van der Waals surface area contributed by atoms with Crippen LogP contribution >= 0.6 is 0 Å². The van der Waals surface area contributed by atoms with Gasteiger partial charge in [0.15, 0.2) is 5.78 Å². The third-order valence-electron chi connectivity index (χ3n) is 3.95. The van der Waals surface area contributed by atoms with E-state index in [2.05, 4.69) is 10.6 Å². The van der Waals surface area contributed by atoms with Crippen LogP contribution in [0.4, 0.5) is 11.4 Å². The second-order valence-corrected chi connectivity index (χ2v) is 5.58. The van der Waals surface area contributed by atoms with Gasteiger partial charge in [0.05, 0.1) is 0 Å². The molecule has 0 aliphatic carbocycles. The van der Waals surface area contributed by atoms with E-state index in [1.807, 2.05) is 49.5 Å². The van der Waals surface area contributed by atoms with E-state index in [0.717, 1.165) is 22.1 Å². The molecular weight excluding hydrogens is 300 g/mol. The Kier molecular flexibility index (Phi) is 4.29. The Bertz CT molecular complexity index is 932. The summed E-state index contributed by atoms with van der Waals surface area (Å²) in [5.41, 5.74) is 2.85. The van der Waals surface area contributed by atoms with Crippen LogP contribution in [0.3, 0.4) is 0 Å². The summed E-state index contributed by atoms with van der Waals surface area (Å²) in [6.45, 7) is 1.54. The van der Waals surface area contributed by atoms with Crippen molar-refractivity contribution >= 4 is 33.8 Å². The van der Waals surface area contributed by atoms with Crippen LogP contribution in [-0.4, -0.2) is 18.7 Å². The van der Waals surface area contributed by atoms with Gasteiger partial charge in [0.1, 0.15) is 0 Å². The highest BCUT2D eigenvalue weighted by Crippen LogP contribution is 2.25. The molecule has 3 aromatic rings. The predicted molar refractivity (Wildman–Crippen MR) is 97.9 cm³/mol. The molecule has 0 bridgehead atoms. The Morgan fingerprint density at radius 3 is 2.42 bits per heavy atom. The first-order valence-electron chi connectivity index (χ1n) is 7.71. The normalized spacial score (nSPS) is 10.4. The van der Waals surface area contributed by atoms with E-state index in [4.69, 9.17) is 0 Å². The Morgan fingerprint density at radius 1 is 0.875 bits per heavy atom. The van der Waals surface area contributed by atoms with Gasteiger partial charge in [-0.2, -0.15) is 0 Å². The minimum Gasteiger partial charge on any atom is -0.388 e. The first-order chi connectivity index (χ1) is 11.6. The van der Waals surface area contributed by atoms with Gasteiger partial charge in [-0.15, -0.1) is 0 Å². The minimum atomic E-state index is -0.171. The lowest BCUT2D eigenvalue weighted by atomic mass is 10.0. The number of amides is 1. The number of carbonyl (C=O) groups excluding carboxylic acids is 2. The van der Waals surface area contributed by atoms with E-state index in [0.29, 0.717) is 11.1 Å². The third kappa shape index (κ3) is 3.13. The van der Waals surface area contributed by atoms with Crippen LogP contribution in [0.1, 0.15) is 27.6 Å². The number of hydrogen-bond acceptors (Lipinski definition) is 3. The number of fused-ring (bicyclic) bond motifs is 1. The number of hydrogen-bond donors (Lipinski definition) is 2. The monoisotopic (exact) mass is 318 g/mol. The molecule has 0 saturated carbocycles. The Balaban J connectivity index is 1.94. The van der Waals surface area contributed by atoms with Gasteiger partial charge in [-0.25, -0.2) is 0 Å². The van der Waals surface area contributed by atoms with Gasteiger partial charge < -0.3 is 10.6 Å². The average molecular weight is 318 g/mol. The van der Waals surface area contributed by atoms with Crippen LogP contribution in [0, 0.1) is 0 Å². The standard InChI is InChI=1S/C20H18N2O2/c1-13(23)14-9-10-18-15(11-14)5-4-8-19(18)22-20(24)16-6-3-7-17(12-16)21-2/h3-12,21H,1-2H3,(H,22,24). The second kappa shape index (κ2) is 6.54. The maximum atomic E-state index is 12.5. The molecule has 0 aliphatic heterocycles. The summed E-state index contributed by atoms with van der Waals surface area (Å²) >= 11 is 0. The molecule has 0 saturated heterocycles. The molecule has 3 aromatic carbocycles. The fraction of sp³-hybridized carbons (Fsp3) is 0.100. The lowest BCUT2D eigenvalue weighted by Gasteiger charge is -2.10. The van der Waals surface area contributed by atoms with Crippen molar-refractivity contribution in [3.63, 3.8) is 0 Å². The molecule has 0 aromatic heterocycles. The number of Topliss-reactive ketones (excluding diaryl/α,β-unsaturated/α-hetero) is 1. The second-order valence-electron chi connectivity index (χ2n) is 5.58. The van der Waals surface area contributed by atoms with E-state index >= 15 is 0 Å².